The Morgan fingerprint density at radius 1 is 0.909 bits per heavy atom. The highest BCUT2D eigenvalue weighted by Crippen LogP contribution is 2.19. The van der Waals surface area contributed by atoms with Crippen LogP contribution in [0.3, 0.4) is 0 Å². The Bertz CT molecular complexity index is 1030. The van der Waals surface area contributed by atoms with E-state index in [4.69, 9.17) is 5.73 Å². The molecule has 4 nitrogen and oxygen atoms in total. The quantitative estimate of drug-likeness (QED) is 0.569. The number of nitrogens with two attached hydrogens (primary N) is 1. The molecule has 1 fully saturated rings. The van der Waals surface area contributed by atoms with Gasteiger partial charge in [0.25, 0.3) is 0 Å². The smallest absolute Gasteiger partial charge is 0.224 e. The molecule has 3 aromatic carbocycles. The first-order valence-corrected chi connectivity index (χ1v) is 11.7. The fraction of sp³-hybridized carbons (Fsp3) is 0.321. The van der Waals surface area contributed by atoms with Crippen molar-refractivity contribution in [3.63, 3.8) is 0 Å². The van der Waals surface area contributed by atoms with Gasteiger partial charge in [-0.2, -0.15) is 0 Å². The van der Waals surface area contributed by atoms with Crippen molar-refractivity contribution in [3.05, 3.63) is 107 Å². The number of carbonyl (C=O) groups is 1. The van der Waals surface area contributed by atoms with E-state index in [2.05, 4.69) is 41.3 Å². The molecule has 0 unspecified atom stereocenters. The zero-order valence-electron chi connectivity index (χ0n) is 18.9. The van der Waals surface area contributed by atoms with E-state index >= 15 is 0 Å². The number of hydrogen-bond donors (Lipinski definition) is 1. The molecule has 0 spiro atoms. The Labute approximate surface area is 195 Å². The average Bonchev–Trinajstić information content (AvgIpc) is 2.82. The minimum absolute atomic E-state index is 0.0548. The molecule has 1 aliphatic heterocycles. The van der Waals surface area contributed by atoms with Gasteiger partial charge in [0, 0.05) is 44.7 Å². The van der Waals surface area contributed by atoms with Crippen molar-refractivity contribution in [3.8, 4) is 0 Å². The van der Waals surface area contributed by atoms with Crippen LogP contribution in [0.4, 0.5) is 4.39 Å². The van der Waals surface area contributed by atoms with Crippen LogP contribution in [0.2, 0.25) is 0 Å². The number of piperazine rings is 1. The molecular weight excluding hydrogens is 413 g/mol. The zero-order chi connectivity index (χ0) is 23.0. The third-order valence-corrected chi connectivity index (χ3v) is 6.33. The van der Waals surface area contributed by atoms with Gasteiger partial charge in [0.1, 0.15) is 5.82 Å². The summed E-state index contributed by atoms with van der Waals surface area (Å²) in [6, 6.07) is 27.1. The summed E-state index contributed by atoms with van der Waals surface area (Å²) in [6.45, 7) is 3.20. The van der Waals surface area contributed by atoms with Gasteiger partial charge in [-0.05, 0) is 35.6 Å². The number of carbonyl (C=O) groups excluding carboxylic acids is 1. The molecule has 172 valence electrons. The summed E-state index contributed by atoms with van der Waals surface area (Å²) < 4.78 is 14.0. The van der Waals surface area contributed by atoms with Crippen molar-refractivity contribution in [1.29, 1.82) is 0 Å². The molecule has 1 heterocycles. The molecule has 2 atom stereocenters. The summed E-state index contributed by atoms with van der Waals surface area (Å²) in [4.78, 5) is 17.7. The van der Waals surface area contributed by atoms with Crippen LogP contribution in [-0.4, -0.2) is 47.4 Å². The highest BCUT2D eigenvalue weighted by atomic mass is 19.1. The third kappa shape index (κ3) is 6.50. The van der Waals surface area contributed by atoms with E-state index in [0.29, 0.717) is 18.5 Å². The second-order valence-electron chi connectivity index (χ2n) is 8.91. The van der Waals surface area contributed by atoms with Crippen LogP contribution in [0.25, 0.3) is 0 Å². The zero-order valence-corrected chi connectivity index (χ0v) is 18.9. The highest BCUT2D eigenvalue weighted by molar-refractivity contribution is 5.77. The largest absolute Gasteiger partial charge is 0.337 e. The lowest BCUT2D eigenvalue weighted by atomic mass is 9.99. The molecule has 3 aromatic rings. The summed E-state index contributed by atoms with van der Waals surface area (Å²) in [5.41, 5.74) is 9.35. The van der Waals surface area contributed by atoms with E-state index in [-0.39, 0.29) is 24.2 Å². The molecule has 1 amide bonds. The Morgan fingerprint density at radius 3 is 2.24 bits per heavy atom. The molecule has 1 saturated heterocycles. The van der Waals surface area contributed by atoms with E-state index in [1.54, 1.807) is 18.2 Å². The molecule has 0 aliphatic carbocycles. The molecule has 4 rings (SSSR count). The molecule has 0 saturated carbocycles. The van der Waals surface area contributed by atoms with Gasteiger partial charge >= 0.3 is 0 Å². The van der Waals surface area contributed by atoms with Crippen LogP contribution in [0, 0.1) is 5.82 Å². The highest BCUT2D eigenvalue weighted by Gasteiger charge is 2.31. The van der Waals surface area contributed by atoms with Crippen molar-refractivity contribution < 1.29 is 9.18 Å². The summed E-state index contributed by atoms with van der Waals surface area (Å²) in [5.74, 6) is -0.212. The second kappa shape index (κ2) is 11.2. The van der Waals surface area contributed by atoms with Gasteiger partial charge in [-0.3, -0.25) is 9.69 Å². The standard InChI is InChI=1S/C28H32FN3O/c29-27-14-8-7-13-24(27)18-25(30)19-28(33)32-16-15-31(20-23-11-5-2-6-12-23)21-26(32)17-22-9-3-1-4-10-22/h1-14,25-26H,15-21,30H2/t25-,26-/m1/s1. The molecule has 1 aliphatic rings. The average molecular weight is 446 g/mol. The first-order chi connectivity index (χ1) is 16.1. The third-order valence-electron chi connectivity index (χ3n) is 6.33. The lowest BCUT2D eigenvalue weighted by Gasteiger charge is -2.42. The van der Waals surface area contributed by atoms with Crippen LogP contribution in [-0.2, 0) is 24.2 Å². The summed E-state index contributed by atoms with van der Waals surface area (Å²) in [7, 11) is 0. The number of amides is 1. The number of benzene rings is 3. The van der Waals surface area contributed by atoms with Crippen LogP contribution in [0.15, 0.2) is 84.9 Å². The van der Waals surface area contributed by atoms with Crippen molar-refractivity contribution in [2.24, 2.45) is 5.73 Å². The SMILES string of the molecule is N[C@@H](CC(=O)N1CCN(Cc2ccccc2)C[C@H]1Cc1ccccc1)Cc1ccccc1F. The van der Waals surface area contributed by atoms with Crippen molar-refractivity contribution in [2.75, 3.05) is 19.6 Å². The minimum Gasteiger partial charge on any atom is -0.337 e. The van der Waals surface area contributed by atoms with E-state index in [1.807, 2.05) is 29.2 Å². The van der Waals surface area contributed by atoms with Crippen LogP contribution in [0.1, 0.15) is 23.1 Å². The summed E-state index contributed by atoms with van der Waals surface area (Å²) >= 11 is 0. The second-order valence-corrected chi connectivity index (χ2v) is 8.91. The van der Waals surface area contributed by atoms with Crippen molar-refractivity contribution >= 4 is 5.91 Å². The Balaban J connectivity index is 1.43. The normalized spacial score (nSPS) is 17.6. The predicted molar refractivity (Wildman–Crippen MR) is 130 cm³/mol. The molecule has 0 aromatic heterocycles. The maximum atomic E-state index is 14.0. The number of hydrogen-bond acceptors (Lipinski definition) is 3. The minimum atomic E-state index is -0.408. The van der Waals surface area contributed by atoms with Gasteiger partial charge < -0.3 is 10.6 Å². The van der Waals surface area contributed by atoms with Gasteiger partial charge in [-0.1, -0.05) is 78.9 Å². The maximum absolute atomic E-state index is 14.0. The van der Waals surface area contributed by atoms with Crippen LogP contribution < -0.4 is 5.73 Å². The van der Waals surface area contributed by atoms with Gasteiger partial charge in [0.15, 0.2) is 0 Å². The molecule has 2 N–H and O–H groups in total. The number of nitrogens with zero attached hydrogens (tertiary/aromatic N) is 2. The fourth-order valence-electron chi connectivity index (χ4n) is 4.65. The molecule has 5 heteroatoms. The maximum Gasteiger partial charge on any atom is 0.224 e. The van der Waals surface area contributed by atoms with Gasteiger partial charge in [0.05, 0.1) is 0 Å². The van der Waals surface area contributed by atoms with Crippen molar-refractivity contribution in [1.82, 2.24) is 9.80 Å². The van der Waals surface area contributed by atoms with E-state index in [0.717, 1.165) is 26.1 Å². The number of halogens is 1. The Kier molecular flexibility index (Phi) is 7.87. The monoisotopic (exact) mass is 445 g/mol. The lowest BCUT2D eigenvalue weighted by Crippen LogP contribution is -2.56. The van der Waals surface area contributed by atoms with Gasteiger partial charge in [-0.25, -0.2) is 4.39 Å². The molecule has 33 heavy (non-hydrogen) atoms. The predicted octanol–water partition coefficient (Wildman–Crippen LogP) is 4.04. The fourth-order valence-corrected chi connectivity index (χ4v) is 4.65. The lowest BCUT2D eigenvalue weighted by molar-refractivity contribution is -0.136. The molecular formula is C28H32FN3O. The number of rotatable bonds is 8. The Hall–Kier alpha value is -3.02. The molecule has 0 radical (unpaired) electrons. The first kappa shape index (κ1) is 23.1. The van der Waals surface area contributed by atoms with Gasteiger partial charge in [-0.15, -0.1) is 0 Å². The summed E-state index contributed by atoms with van der Waals surface area (Å²) in [6.07, 6.45) is 1.38. The van der Waals surface area contributed by atoms with Gasteiger partial charge in [0.2, 0.25) is 5.91 Å². The van der Waals surface area contributed by atoms with Crippen LogP contribution >= 0.6 is 0 Å². The van der Waals surface area contributed by atoms with E-state index < -0.39 is 6.04 Å². The first-order valence-electron chi connectivity index (χ1n) is 11.7. The summed E-state index contributed by atoms with van der Waals surface area (Å²) in [5, 5.41) is 0. The topological polar surface area (TPSA) is 49.6 Å². The van der Waals surface area contributed by atoms with Crippen molar-refractivity contribution in [2.45, 2.75) is 37.9 Å². The van der Waals surface area contributed by atoms with E-state index in [1.165, 1.54) is 17.2 Å². The van der Waals surface area contributed by atoms with E-state index in [9.17, 15) is 9.18 Å². The molecule has 0 bridgehead atoms. The Morgan fingerprint density at radius 2 is 1.55 bits per heavy atom. The van der Waals surface area contributed by atoms with Crippen LogP contribution in [0.5, 0.6) is 0 Å².